The zero-order chi connectivity index (χ0) is 23.4. The smallest absolute Gasteiger partial charge is 0.354 e. The van der Waals surface area contributed by atoms with Crippen molar-refractivity contribution >= 4 is 45.7 Å². The Balaban J connectivity index is 1.57. The molecule has 0 aliphatic carbocycles. The molecule has 0 radical (unpaired) electrons. The highest BCUT2D eigenvalue weighted by Crippen LogP contribution is 2.30. The first kappa shape index (κ1) is 23.2. The number of rotatable bonds is 6. The summed E-state index contributed by atoms with van der Waals surface area (Å²) in [6.45, 7) is 3.49. The first-order valence-electron chi connectivity index (χ1n) is 10.2. The Morgan fingerprint density at radius 2 is 1.67 bits per heavy atom. The summed E-state index contributed by atoms with van der Waals surface area (Å²) in [6.07, 6.45) is 6.39. The van der Waals surface area contributed by atoms with E-state index in [1.165, 1.54) is 18.5 Å². The summed E-state index contributed by atoms with van der Waals surface area (Å²) in [5.41, 5.74) is 2.64. The third-order valence-electron chi connectivity index (χ3n) is 5.23. The van der Waals surface area contributed by atoms with E-state index in [-0.39, 0.29) is 11.6 Å². The Labute approximate surface area is 203 Å². The number of carbonyl (C=O) groups is 1. The summed E-state index contributed by atoms with van der Waals surface area (Å²) in [5, 5.41) is 4.85. The normalized spacial score (nSPS) is 14.7. The van der Waals surface area contributed by atoms with Crippen LogP contribution in [0.1, 0.15) is 10.4 Å². The molecule has 1 aromatic carbocycles. The molecule has 33 heavy (non-hydrogen) atoms. The van der Waals surface area contributed by atoms with Gasteiger partial charge in [-0.1, -0.05) is 0 Å². The average molecular weight is 565 g/mol. The molecule has 1 aliphatic rings. The number of nitrogens with zero attached hydrogens (tertiary/aromatic N) is 5. The first-order valence-corrected chi connectivity index (χ1v) is 11.3. The van der Waals surface area contributed by atoms with Crippen molar-refractivity contribution in [3.63, 3.8) is 0 Å². The van der Waals surface area contributed by atoms with Gasteiger partial charge < -0.3 is 20.4 Å². The van der Waals surface area contributed by atoms with Crippen molar-refractivity contribution in [1.29, 1.82) is 0 Å². The third kappa shape index (κ3) is 6.11. The van der Waals surface area contributed by atoms with E-state index in [0.29, 0.717) is 11.3 Å². The molecule has 1 saturated heterocycles. The molecule has 0 spiro atoms. The number of hydrogen-bond acceptors (Lipinski definition) is 7. The number of benzene rings is 1. The van der Waals surface area contributed by atoms with Gasteiger partial charge >= 0.3 is 4.05 Å². The number of piperazine rings is 1. The van der Waals surface area contributed by atoms with Crippen LogP contribution in [0.15, 0.2) is 55.2 Å². The summed E-state index contributed by atoms with van der Waals surface area (Å²) < 4.78 is 23.1. The van der Waals surface area contributed by atoms with Gasteiger partial charge in [-0.05, 0) is 37.4 Å². The molecular weight excluding hydrogens is 543 g/mol. The lowest BCUT2D eigenvalue weighted by Gasteiger charge is -2.34. The van der Waals surface area contributed by atoms with Crippen LogP contribution in [0.5, 0.6) is 0 Å². The van der Waals surface area contributed by atoms with Crippen LogP contribution >= 0.6 is 22.6 Å². The van der Waals surface area contributed by atoms with Gasteiger partial charge in [-0.2, -0.15) is 8.78 Å². The Morgan fingerprint density at radius 1 is 1.03 bits per heavy atom. The topological polar surface area (TPSA) is 86.3 Å². The van der Waals surface area contributed by atoms with E-state index in [4.69, 9.17) is 0 Å². The summed E-state index contributed by atoms with van der Waals surface area (Å²) in [4.78, 5) is 30.2. The standard InChI is InChI=1S/C22H22F2IN7O/c1-31-6-8-32(9-7-31)20-19(16-11-26-14-27-12-16)10-15(13-28-20)21(33)29-17-2-4-18(5-3-17)30-22(23,24)25/h2-5,10-14,30H,6-9H2,1H3,(H,29,33). The second-order valence-corrected chi connectivity index (χ2v) is 9.02. The highest BCUT2D eigenvalue weighted by atomic mass is 127. The predicted octanol–water partition coefficient (Wildman–Crippen LogP) is 3.94. The molecule has 1 amide bonds. The van der Waals surface area contributed by atoms with Gasteiger partial charge in [-0.3, -0.25) is 4.79 Å². The zero-order valence-corrected chi connectivity index (χ0v) is 20.0. The van der Waals surface area contributed by atoms with Gasteiger partial charge in [-0.15, -0.1) is 0 Å². The summed E-state index contributed by atoms with van der Waals surface area (Å²) in [7, 11) is 2.08. The van der Waals surface area contributed by atoms with E-state index in [9.17, 15) is 13.6 Å². The second-order valence-electron chi connectivity index (χ2n) is 7.67. The molecule has 4 rings (SSSR count). The number of pyridine rings is 1. The molecule has 3 heterocycles. The lowest BCUT2D eigenvalue weighted by molar-refractivity contribution is 0.102. The summed E-state index contributed by atoms with van der Waals surface area (Å²) in [5.74, 6) is 0.426. The number of carbonyl (C=O) groups excluding carboxylic acids is 1. The lowest BCUT2D eigenvalue weighted by Crippen LogP contribution is -2.45. The lowest BCUT2D eigenvalue weighted by atomic mass is 10.1. The molecule has 1 aliphatic heterocycles. The molecule has 0 atom stereocenters. The Morgan fingerprint density at radius 3 is 2.30 bits per heavy atom. The molecule has 0 unspecified atom stereocenters. The fourth-order valence-corrected chi connectivity index (χ4v) is 3.82. The van der Waals surface area contributed by atoms with Crippen molar-refractivity contribution in [2.75, 3.05) is 48.8 Å². The van der Waals surface area contributed by atoms with Gasteiger partial charge in [0.25, 0.3) is 5.91 Å². The quantitative estimate of drug-likeness (QED) is 0.266. The maximum Gasteiger partial charge on any atom is 0.374 e. The van der Waals surface area contributed by atoms with Gasteiger partial charge in [0.05, 0.1) is 5.56 Å². The maximum absolute atomic E-state index is 13.1. The number of amides is 1. The largest absolute Gasteiger partial charge is 0.374 e. The minimum atomic E-state index is -3.06. The van der Waals surface area contributed by atoms with E-state index in [0.717, 1.165) is 65.7 Å². The fourth-order valence-electron chi connectivity index (χ4n) is 3.51. The molecule has 1 fully saturated rings. The van der Waals surface area contributed by atoms with E-state index in [1.54, 1.807) is 36.8 Å². The number of alkyl halides is 3. The van der Waals surface area contributed by atoms with Crippen LogP contribution < -0.4 is 15.5 Å². The zero-order valence-electron chi connectivity index (χ0n) is 17.8. The van der Waals surface area contributed by atoms with Crippen LogP contribution in [0.25, 0.3) is 11.1 Å². The van der Waals surface area contributed by atoms with Gasteiger partial charge in [0.15, 0.2) is 0 Å². The third-order valence-corrected chi connectivity index (χ3v) is 5.50. The molecule has 8 nitrogen and oxygen atoms in total. The van der Waals surface area contributed by atoms with E-state index < -0.39 is 4.05 Å². The van der Waals surface area contributed by atoms with Gasteiger partial charge in [0, 0.05) is 89.9 Å². The van der Waals surface area contributed by atoms with Crippen LogP contribution in [-0.2, 0) is 0 Å². The second kappa shape index (κ2) is 9.91. The molecular formula is C22H22F2IN7O. The fraction of sp³-hybridized carbons (Fsp3) is 0.273. The van der Waals surface area contributed by atoms with Gasteiger partial charge in [-0.25, -0.2) is 15.0 Å². The van der Waals surface area contributed by atoms with E-state index >= 15 is 0 Å². The molecule has 2 aromatic heterocycles. The SMILES string of the molecule is CN1CCN(c2ncc(C(=O)Nc3ccc(NC(F)(F)I)cc3)cc2-c2cncnc2)CC1. The molecule has 3 aromatic rings. The maximum atomic E-state index is 13.1. The molecule has 2 N–H and O–H groups in total. The Hall–Kier alpha value is -2.93. The Kier molecular flexibility index (Phi) is 6.98. The molecule has 0 saturated carbocycles. The highest BCUT2D eigenvalue weighted by molar-refractivity contribution is 14.1. The van der Waals surface area contributed by atoms with Crippen LogP contribution in [-0.4, -0.2) is 63.0 Å². The summed E-state index contributed by atoms with van der Waals surface area (Å²) >= 11 is 1.01. The van der Waals surface area contributed by atoms with Crippen molar-refractivity contribution < 1.29 is 13.6 Å². The van der Waals surface area contributed by atoms with Crippen LogP contribution in [0, 0.1) is 0 Å². The van der Waals surface area contributed by atoms with Gasteiger partial charge in [0.2, 0.25) is 0 Å². The Bertz CT molecular complexity index is 1100. The number of nitrogens with one attached hydrogen (secondary N) is 2. The summed E-state index contributed by atoms with van der Waals surface area (Å²) in [6, 6.07) is 7.84. The predicted molar refractivity (Wildman–Crippen MR) is 132 cm³/mol. The van der Waals surface area contributed by atoms with Crippen molar-refractivity contribution in [3.8, 4) is 11.1 Å². The number of likely N-dealkylation sites (N-methyl/N-ethyl adjacent to an activating group) is 1. The van der Waals surface area contributed by atoms with Crippen molar-refractivity contribution in [2.45, 2.75) is 4.05 Å². The molecule has 0 bridgehead atoms. The average Bonchev–Trinajstić information content (AvgIpc) is 2.80. The number of hydrogen-bond donors (Lipinski definition) is 2. The number of anilines is 3. The van der Waals surface area contributed by atoms with Crippen molar-refractivity contribution in [1.82, 2.24) is 19.9 Å². The van der Waals surface area contributed by atoms with Crippen molar-refractivity contribution in [2.24, 2.45) is 0 Å². The monoisotopic (exact) mass is 565 g/mol. The van der Waals surface area contributed by atoms with E-state index in [1.807, 2.05) is 0 Å². The van der Waals surface area contributed by atoms with Crippen LogP contribution in [0.3, 0.4) is 0 Å². The van der Waals surface area contributed by atoms with Crippen LogP contribution in [0.2, 0.25) is 0 Å². The number of aromatic nitrogens is 3. The number of halogens is 3. The van der Waals surface area contributed by atoms with Gasteiger partial charge in [0.1, 0.15) is 12.1 Å². The molecule has 172 valence electrons. The van der Waals surface area contributed by atoms with Crippen LogP contribution in [0.4, 0.5) is 26.0 Å². The van der Waals surface area contributed by atoms with Crippen molar-refractivity contribution in [3.05, 3.63) is 60.8 Å². The highest BCUT2D eigenvalue weighted by Gasteiger charge is 2.23. The minimum absolute atomic E-state index is 0.247. The molecule has 11 heteroatoms. The van der Waals surface area contributed by atoms with E-state index in [2.05, 4.69) is 42.4 Å². The minimum Gasteiger partial charge on any atom is -0.354 e. The first-order chi connectivity index (χ1) is 15.8.